The number of nitrogens with two attached hydrogens (primary N) is 1. The Balaban J connectivity index is 1.88. The molecule has 0 saturated heterocycles. The molecule has 2 aromatic carbocycles. The van der Waals surface area contributed by atoms with Crippen LogP contribution in [0.5, 0.6) is 5.75 Å². The first-order valence-corrected chi connectivity index (χ1v) is 8.46. The number of rotatable bonds is 5. The van der Waals surface area contributed by atoms with Gasteiger partial charge in [-0.25, -0.2) is 8.78 Å². The molecule has 137 valence electrons. The second kappa shape index (κ2) is 7.71. The lowest BCUT2D eigenvalue weighted by Gasteiger charge is -2.11. The monoisotopic (exact) mass is 433 g/mol. The minimum Gasteiger partial charge on any atom is -0.487 e. The van der Waals surface area contributed by atoms with Gasteiger partial charge in [-0.1, -0.05) is 6.07 Å². The van der Waals surface area contributed by atoms with E-state index in [1.165, 1.54) is 28.8 Å². The van der Waals surface area contributed by atoms with Crippen molar-refractivity contribution in [3.8, 4) is 11.4 Å². The second-order valence-corrected chi connectivity index (χ2v) is 6.32. The summed E-state index contributed by atoms with van der Waals surface area (Å²) in [4.78, 5) is 23.9. The fourth-order valence-corrected chi connectivity index (χ4v) is 2.74. The molecule has 0 bridgehead atoms. The Labute approximate surface area is 161 Å². The van der Waals surface area contributed by atoms with Crippen LogP contribution in [0.4, 0.5) is 8.78 Å². The summed E-state index contributed by atoms with van der Waals surface area (Å²) in [7, 11) is 0. The molecule has 0 fully saturated rings. The van der Waals surface area contributed by atoms with Gasteiger partial charge in [0.2, 0.25) is 5.91 Å². The van der Waals surface area contributed by atoms with Crippen molar-refractivity contribution in [3.63, 3.8) is 0 Å². The zero-order chi connectivity index (χ0) is 19.6. The van der Waals surface area contributed by atoms with Gasteiger partial charge in [0.25, 0.3) is 5.56 Å². The first kappa shape index (κ1) is 18.8. The highest BCUT2D eigenvalue weighted by molar-refractivity contribution is 9.10. The standard InChI is InChI=1S/C19H12BrF2N2O3/c20-17-16(27-10-12-4-5-13(21)9-15(12)22)6-7-24(19(17)26)14-3-1-2-11(8-14)18(23)25/h1-6,8-9H,10H2,(H2,23,25). The van der Waals surface area contributed by atoms with Gasteiger partial charge in [0.05, 0.1) is 11.9 Å². The molecule has 1 heterocycles. The SMILES string of the molecule is NC(=O)c1cccc(-n2[c]cc(OCc3ccc(F)cc3F)c(Br)c2=O)c1. The van der Waals surface area contributed by atoms with E-state index in [1.54, 1.807) is 12.1 Å². The number of nitrogens with zero attached hydrogens (tertiary/aromatic N) is 1. The van der Waals surface area contributed by atoms with Crippen LogP contribution in [0, 0.1) is 17.8 Å². The van der Waals surface area contributed by atoms with Crippen LogP contribution in [0.15, 0.2) is 57.8 Å². The van der Waals surface area contributed by atoms with E-state index in [2.05, 4.69) is 22.1 Å². The molecular formula is C19H12BrF2N2O3. The Morgan fingerprint density at radius 1 is 1.22 bits per heavy atom. The summed E-state index contributed by atoms with van der Waals surface area (Å²) in [6.07, 6.45) is 2.73. The van der Waals surface area contributed by atoms with Crippen LogP contribution in [0.2, 0.25) is 0 Å². The molecule has 8 heteroatoms. The topological polar surface area (TPSA) is 74.3 Å². The number of amides is 1. The maximum atomic E-state index is 13.7. The first-order valence-electron chi connectivity index (χ1n) is 7.67. The Morgan fingerprint density at radius 3 is 2.70 bits per heavy atom. The lowest BCUT2D eigenvalue weighted by molar-refractivity contribution is 0.1000. The number of aromatic nitrogens is 1. The van der Waals surface area contributed by atoms with Crippen molar-refractivity contribution in [2.75, 3.05) is 0 Å². The zero-order valence-electron chi connectivity index (χ0n) is 13.7. The van der Waals surface area contributed by atoms with Gasteiger partial charge in [-0.2, -0.15) is 0 Å². The molecule has 0 atom stereocenters. The third kappa shape index (κ3) is 4.06. The third-order valence-corrected chi connectivity index (χ3v) is 4.45. The van der Waals surface area contributed by atoms with Crippen LogP contribution in [0.3, 0.4) is 0 Å². The summed E-state index contributed by atoms with van der Waals surface area (Å²) >= 11 is 3.16. The first-order chi connectivity index (χ1) is 12.9. The molecule has 0 aliphatic heterocycles. The number of carbonyl (C=O) groups excluding carboxylic acids is 1. The lowest BCUT2D eigenvalue weighted by atomic mass is 10.2. The molecule has 0 aliphatic rings. The van der Waals surface area contributed by atoms with Gasteiger partial charge in [-0.05, 0) is 46.3 Å². The van der Waals surface area contributed by atoms with Gasteiger partial charge in [0.1, 0.15) is 28.5 Å². The molecule has 1 aromatic heterocycles. The van der Waals surface area contributed by atoms with E-state index in [-0.39, 0.29) is 28.0 Å². The van der Waals surface area contributed by atoms with E-state index in [0.29, 0.717) is 5.69 Å². The molecule has 0 saturated carbocycles. The van der Waals surface area contributed by atoms with Gasteiger partial charge in [0.15, 0.2) is 0 Å². The summed E-state index contributed by atoms with van der Waals surface area (Å²) < 4.78 is 33.3. The number of carbonyl (C=O) groups is 1. The number of halogens is 3. The molecule has 27 heavy (non-hydrogen) atoms. The van der Waals surface area contributed by atoms with Gasteiger partial charge in [0, 0.05) is 23.3 Å². The van der Waals surface area contributed by atoms with E-state index in [9.17, 15) is 18.4 Å². The molecular weight excluding hydrogens is 422 g/mol. The van der Waals surface area contributed by atoms with Crippen molar-refractivity contribution in [3.05, 3.63) is 92.3 Å². The van der Waals surface area contributed by atoms with Crippen molar-refractivity contribution < 1.29 is 18.3 Å². The average molecular weight is 434 g/mol. The van der Waals surface area contributed by atoms with E-state index < -0.39 is 23.1 Å². The van der Waals surface area contributed by atoms with Gasteiger partial charge >= 0.3 is 0 Å². The fraction of sp³-hybridized carbons (Fsp3) is 0.0526. The molecule has 0 aliphatic carbocycles. The minimum absolute atomic E-state index is 0.0910. The molecule has 3 aromatic rings. The molecule has 1 amide bonds. The van der Waals surface area contributed by atoms with Crippen LogP contribution >= 0.6 is 15.9 Å². The van der Waals surface area contributed by atoms with Crippen molar-refractivity contribution in [1.82, 2.24) is 4.57 Å². The molecule has 1 radical (unpaired) electrons. The molecule has 2 N–H and O–H groups in total. The Bertz CT molecular complexity index is 1080. The predicted octanol–water partition coefficient (Wildman–Crippen LogP) is 3.36. The molecule has 0 unspecified atom stereocenters. The lowest BCUT2D eigenvalue weighted by Crippen LogP contribution is -2.20. The van der Waals surface area contributed by atoms with Crippen molar-refractivity contribution >= 4 is 21.8 Å². The summed E-state index contributed by atoms with van der Waals surface area (Å²) in [6, 6.07) is 10.7. The highest BCUT2D eigenvalue weighted by Gasteiger charge is 2.13. The van der Waals surface area contributed by atoms with Crippen molar-refractivity contribution in [1.29, 1.82) is 0 Å². The van der Waals surface area contributed by atoms with Crippen LogP contribution in [-0.2, 0) is 6.61 Å². The number of benzene rings is 2. The van der Waals surface area contributed by atoms with Crippen LogP contribution in [0.25, 0.3) is 5.69 Å². The van der Waals surface area contributed by atoms with E-state index >= 15 is 0 Å². The van der Waals surface area contributed by atoms with E-state index in [4.69, 9.17) is 10.5 Å². The predicted molar refractivity (Wildman–Crippen MR) is 97.8 cm³/mol. The Morgan fingerprint density at radius 2 is 2.00 bits per heavy atom. The number of ether oxygens (including phenoxy) is 1. The average Bonchev–Trinajstić information content (AvgIpc) is 2.64. The summed E-state index contributed by atoms with van der Waals surface area (Å²) in [5.41, 5.74) is 5.54. The van der Waals surface area contributed by atoms with Crippen LogP contribution in [-0.4, -0.2) is 10.5 Å². The highest BCUT2D eigenvalue weighted by atomic mass is 79.9. The quantitative estimate of drug-likeness (QED) is 0.670. The second-order valence-electron chi connectivity index (χ2n) is 5.53. The van der Waals surface area contributed by atoms with Crippen molar-refractivity contribution in [2.24, 2.45) is 5.73 Å². The van der Waals surface area contributed by atoms with E-state index in [0.717, 1.165) is 12.1 Å². The molecule has 0 spiro atoms. The van der Waals surface area contributed by atoms with Gasteiger partial charge < -0.3 is 10.5 Å². The largest absolute Gasteiger partial charge is 0.487 e. The zero-order valence-corrected chi connectivity index (χ0v) is 15.3. The van der Waals surface area contributed by atoms with Crippen molar-refractivity contribution in [2.45, 2.75) is 6.61 Å². The van der Waals surface area contributed by atoms with Crippen LogP contribution in [0.1, 0.15) is 15.9 Å². The third-order valence-electron chi connectivity index (χ3n) is 3.72. The van der Waals surface area contributed by atoms with E-state index in [1.807, 2.05) is 0 Å². The maximum absolute atomic E-state index is 13.7. The fourth-order valence-electron chi connectivity index (χ4n) is 2.34. The minimum atomic E-state index is -0.744. The smallest absolute Gasteiger partial charge is 0.273 e. The van der Waals surface area contributed by atoms with Gasteiger partial charge in [-0.3, -0.25) is 14.2 Å². The maximum Gasteiger partial charge on any atom is 0.273 e. The number of pyridine rings is 1. The Hall–Kier alpha value is -3.00. The molecule has 3 rings (SSSR count). The number of hydrogen-bond donors (Lipinski definition) is 1. The summed E-state index contributed by atoms with van der Waals surface area (Å²) in [5.74, 6) is -1.91. The summed E-state index contributed by atoms with van der Waals surface area (Å²) in [5, 5.41) is 0. The summed E-state index contributed by atoms with van der Waals surface area (Å²) in [6.45, 7) is -0.195. The van der Waals surface area contributed by atoms with Crippen LogP contribution < -0.4 is 16.0 Å². The number of hydrogen-bond acceptors (Lipinski definition) is 3. The molecule has 5 nitrogen and oxygen atoms in total. The number of primary amides is 1. The van der Waals surface area contributed by atoms with Gasteiger partial charge in [-0.15, -0.1) is 0 Å². The Kier molecular flexibility index (Phi) is 5.36. The highest BCUT2D eigenvalue weighted by Crippen LogP contribution is 2.23. The normalized spacial score (nSPS) is 10.6.